The fourth-order valence-electron chi connectivity index (χ4n) is 3.34. The van der Waals surface area contributed by atoms with Gasteiger partial charge in [0.15, 0.2) is 6.10 Å². The molecule has 3 N–H and O–H groups in total. The molecule has 0 fully saturated rings. The van der Waals surface area contributed by atoms with E-state index in [-0.39, 0.29) is 17.6 Å². The van der Waals surface area contributed by atoms with Crippen LogP contribution in [0.25, 0.3) is 11.1 Å². The van der Waals surface area contributed by atoms with Crippen LogP contribution < -0.4 is 5.32 Å². The molecule has 3 rings (SSSR count). The summed E-state index contributed by atoms with van der Waals surface area (Å²) in [5.41, 5.74) is 3.16. The highest BCUT2D eigenvalue weighted by atomic mass is 35.5. The van der Waals surface area contributed by atoms with E-state index in [0.717, 1.165) is 16.7 Å². The Morgan fingerprint density at radius 2 is 1.79 bits per heavy atom. The molecule has 33 heavy (non-hydrogen) atoms. The van der Waals surface area contributed by atoms with Crippen molar-refractivity contribution in [2.45, 2.75) is 51.2 Å². The predicted molar refractivity (Wildman–Crippen MR) is 125 cm³/mol. The normalized spacial score (nSPS) is 13.4. The third kappa shape index (κ3) is 6.66. The molecular formula is C25H27ClN2O5. The smallest absolute Gasteiger partial charge is 0.332 e. The van der Waals surface area contributed by atoms with E-state index in [4.69, 9.17) is 21.2 Å². The molecule has 0 aliphatic rings. The van der Waals surface area contributed by atoms with Gasteiger partial charge in [-0.15, -0.1) is 0 Å². The van der Waals surface area contributed by atoms with Crippen LogP contribution >= 0.6 is 11.6 Å². The van der Waals surface area contributed by atoms with E-state index in [0.29, 0.717) is 17.1 Å². The zero-order valence-corrected chi connectivity index (χ0v) is 19.5. The molecule has 3 aromatic rings. The lowest BCUT2D eigenvalue weighted by Crippen LogP contribution is -2.40. The van der Waals surface area contributed by atoms with E-state index in [9.17, 15) is 14.7 Å². The number of nitrogens with one attached hydrogen (secondary N) is 1. The molecular weight excluding hydrogens is 444 g/mol. The Balaban J connectivity index is 1.75. The van der Waals surface area contributed by atoms with Gasteiger partial charge in [-0.25, -0.2) is 4.79 Å². The quantitative estimate of drug-likeness (QED) is 0.447. The van der Waals surface area contributed by atoms with Crippen molar-refractivity contribution in [2.75, 3.05) is 0 Å². The van der Waals surface area contributed by atoms with Gasteiger partial charge in [0.2, 0.25) is 5.76 Å². The number of aliphatic hydroxyl groups excluding tert-OH is 1. The van der Waals surface area contributed by atoms with Gasteiger partial charge < -0.3 is 20.1 Å². The summed E-state index contributed by atoms with van der Waals surface area (Å²) < 4.78 is 5.18. The zero-order valence-electron chi connectivity index (χ0n) is 18.7. The monoisotopic (exact) mass is 470 g/mol. The lowest BCUT2D eigenvalue weighted by atomic mass is 9.92. The van der Waals surface area contributed by atoms with Gasteiger partial charge in [0, 0.05) is 29.0 Å². The Hall–Kier alpha value is -3.16. The number of nitrogens with zero attached hydrogens (tertiary/aromatic N) is 1. The Kier molecular flexibility index (Phi) is 7.56. The first-order chi connectivity index (χ1) is 15.5. The lowest BCUT2D eigenvalue weighted by molar-refractivity contribution is -0.147. The van der Waals surface area contributed by atoms with Gasteiger partial charge in [-0.05, 0) is 35.2 Å². The van der Waals surface area contributed by atoms with E-state index >= 15 is 0 Å². The number of aliphatic carboxylic acids is 1. The van der Waals surface area contributed by atoms with Crippen LogP contribution in [0.3, 0.4) is 0 Å². The topological polar surface area (TPSA) is 113 Å². The largest absolute Gasteiger partial charge is 0.479 e. The molecule has 2 aromatic carbocycles. The summed E-state index contributed by atoms with van der Waals surface area (Å²) in [4.78, 5) is 23.9. The molecule has 1 amide bonds. The number of halogens is 1. The summed E-state index contributed by atoms with van der Waals surface area (Å²) in [5.74, 6) is -1.83. The molecule has 174 valence electrons. The Morgan fingerprint density at radius 3 is 2.36 bits per heavy atom. The van der Waals surface area contributed by atoms with E-state index < -0.39 is 24.0 Å². The van der Waals surface area contributed by atoms with Crippen molar-refractivity contribution in [1.29, 1.82) is 0 Å². The molecule has 0 saturated carbocycles. The number of carboxylic acids is 1. The molecule has 0 saturated heterocycles. The van der Waals surface area contributed by atoms with Crippen LogP contribution in [0, 0.1) is 0 Å². The maximum atomic E-state index is 12.7. The molecule has 1 heterocycles. The summed E-state index contributed by atoms with van der Waals surface area (Å²) in [5, 5.41) is 26.4. The van der Waals surface area contributed by atoms with Crippen LogP contribution in [0.5, 0.6) is 0 Å². The zero-order chi connectivity index (χ0) is 24.2. The Bertz CT molecular complexity index is 1120. The van der Waals surface area contributed by atoms with Crippen molar-refractivity contribution in [3.63, 3.8) is 0 Å². The standard InChI is InChI=1S/C25H27ClN2O5/c1-25(2,3)22-14-21(33-28-22)23(30)27-19(13-20(29)24(31)32)11-15-7-9-16(10-8-15)17-5-4-6-18(26)12-17/h4-10,12,14,19-20,29H,11,13H2,1-3H3,(H,27,30)(H,31,32)/t19?,20-/m1/s1. The summed E-state index contributed by atoms with van der Waals surface area (Å²) in [7, 11) is 0. The van der Waals surface area contributed by atoms with Gasteiger partial charge in [0.1, 0.15) is 0 Å². The number of rotatable bonds is 8. The molecule has 0 spiro atoms. The average molecular weight is 471 g/mol. The summed E-state index contributed by atoms with van der Waals surface area (Å²) in [6.45, 7) is 5.85. The number of amides is 1. The van der Waals surface area contributed by atoms with E-state index in [1.165, 1.54) is 0 Å². The lowest BCUT2D eigenvalue weighted by Gasteiger charge is -2.20. The third-order valence-corrected chi connectivity index (χ3v) is 5.46. The fourth-order valence-corrected chi connectivity index (χ4v) is 3.53. The third-order valence-electron chi connectivity index (χ3n) is 5.22. The van der Waals surface area contributed by atoms with E-state index in [2.05, 4.69) is 10.5 Å². The van der Waals surface area contributed by atoms with Crippen LogP contribution in [0.4, 0.5) is 0 Å². The van der Waals surface area contributed by atoms with E-state index in [1.54, 1.807) is 12.1 Å². The van der Waals surface area contributed by atoms with Gasteiger partial charge in [-0.2, -0.15) is 0 Å². The number of hydrogen-bond donors (Lipinski definition) is 3. The van der Waals surface area contributed by atoms with Crippen LogP contribution in [0.15, 0.2) is 59.1 Å². The fraction of sp³-hybridized carbons (Fsp3) is 0.320. The first-order valence-corrected chi connectivity index (χ1v) is 10.9. The van der Waals surface area contributed by atoms with Gasteiger partial charge in [-0.3, -0.25) is 4.79 Å². The van der Waals surface area contributed by atoms with Crippen LogP contribution in [0.2, 0.25) is 5.02 Å². The predicted octanol–water partition coefficient (Wildman–Crippen LogP) is 4.47. The minimum absolute atomic E-state index is 0.0334. The van der Waals surface area contributed by atoms with Gasteiger partial charge in [0.25, 0.3) is 5.91 Å². The number of carbonyl (C=O) groups excluding carboxylic acids is 1. The van der Waals surface area contributed by atoms with Crippen molar-refractivity contribution in [3.8, 4) is 11.1 Å². The number of carbonyl (C=O) groups is 2. The maximum absolute atomic E-state index is 12.7. The van der Waals surface area contributed by atoms with Crippen molar-refractivity contribution in [2.24, 2.45) is 0 Å². The number of aromatic nitrogens is 1. The van der Waals surface area contributed by atoms with Gasteiger partial charge in [0.05, 0.1) is 5.69 Å². The van der Waals surface area contributed by atoms with Crippen LogP contribution in [-0.2, 0) is 16.6 Å². The first-order valence-electron chi connectivity index (χ1n) is 10.6. The van der Waals surface area contributed by atoms with E-state index in [1.807, 2.05) is 63.2 Å². The number of aliphatic hydroxyl groups is 1. The van der Waals surface area contributed by atoms with Crippen molar-refractivity contribution < 1.29 is 24.3 Å². The SMILES string of the molecule is CC(C)(C)c1cc(C(=O)NC(Cc2ccc(-c3cccc(Cl)c3)cc2)C[C@@H](O)C(=O)O)on1. The molecule has 2 atom stereocenters. The van der Waals surface area contributed by atoms with Crippen LogP contribution in [0.1, 0.15) is 49.0 Å². The molecule has 0 aliphatic carbocycles. The highest BCUT2D eigenvalue weighted by molar-refractivity contribution is 6.30. The maximum Gasteiger partial charge on any atom is 0.332 e. The van der Waals surface area contributed by atoms with Crippen LogP contribution in [-0.4, -0.2) is 39.4 Å². The minimum Gasteiger partial charge on any atom is -0.479 e. The number of benzene rings is 2. The summed E-state index contributed by atoms with van der Waals surface area (Å²) >= 11 is 6.07. The summed E-state index contributed by atoms with van der Waals surface area (Å²) in [6.07, 6.45) is -1.44. The molecule has 8 heteroatoms. The average Bonchev–Trinajstić information content (AvgIpc) is 3.25. The number of carboxylic acid groups (broad SMARTS) is 1. The Morgan fingerprint density at radius 1 is 1.09 bits per heavy atom. The van der Waals surface area contributed by atoms with Crippen molar-refractivity contribution in [3.05, 3.63) is 76.6 Å². The number of hydrogen-bond acceptors (Lipinski definition) is 5. The van der Waals surface area contributed by atoms with Crippen molar-refractivity contribution in [1.82, 2.24) is 10.5 Å². The second-order valence-corrected chi connectivity index (χ2v) is 9.43. The Labute approximate surface area is 197 Å². The highest BCUT2D eigenvalue weighted by Gasteiger charge is 2.26. The first kappa shape index (κ1) is 24.5. The highest BCUT2D eigenvalue weighted by Crippen LogP contribution is 2.24. The van der Waals surface area contributed by atoms with Gasteiger partial charge in [-0.1, -0.05) is 73.9 Å². The molecule has 0 aliphatic heterocycles. The minimum atomic E-state index is -1.61. The molecule has 0 bridgehead atoms. The van der Waals surface area contributed by atoms with Gasteiger partial charge >= 0.3 is 5.97 Å². The second kappa shape index (κ2) is 10.2. The van der Waals surface area contributed by atoms with Crippen molar-refractivity contribution >= 4 is 23.5 Å². The molecule has 1 unspecified atom stereocenters. The molecule has 1 aromatic heterocycles. The molecule has 7 nitrogen and oxygen atoms in total. The molecule has 0 radical (unpaired) electrons. The summed E-state index contributed by atoms with van der Waals surface area (Å²) in [6, 6.07) is 16.1. The second-order valence-electron chi connectivity index (χ2n) is 9.00.